The normalized spacial score (nSPS) is 15.2. The first kappa shape index (κ1) is 18.1. The van der Waals surface area contributed by atoms with Crippen LogP contribution in [0.15, 0.2) is 54.6 Å². The van der Waals surface area contributed by atoms with Crippen molar-refractivity contribution in [3.05, 3.63) is 54.6 Å². The molecule has 4 aromatic rings. The Hall–Kier alpha value is -2.96. The number of nitrogens with zero attached hydrogens (tertiary/aromatic N) is 3. The molecule has 5 rings (SSSR count). The van der Waals surface area contributed by atoms with Crippen LogP contribution in [0.1, 0.15) is 6.42 Å². The van der Waals surface area contributed by atoms with Crippen molar-refractivity contribution < 1.29 is 4.74 Å². The lowest BCUT2D eigenvalue weighted by Crippen LogP contribution is -2.37. The number of aromatic nitrogens is 3. The average molecular weight is 387 g/mol. The second-order valence-corrected chi connectivity index (χ2v) is 7.42. The van der Waals surface area contributed by atoms with E-state index in [-0.39, 0.29) is 0 Å². The minimum absolute atomic E-state index is 0.718. The van der Waals surface area contributed by atoms with Gasteiger partial charge in [0.15, 0.2) is 5.82 Å². The lowest BCUT2D eigenvalue weighted by atomic mass is 10.2. The zero-order valence-corrected chi connectivity index (χ0v) is 16.4. The minimum atomic E-state index is 0.718. The number of fused-ring (bicyclic) bond motifs is 2. The third-order valence-corrected chi connectivity index (χ3v) is 5.42. The van der Waals surface area contributed by atoms with Gasteiger partial charge in [-0.2, -0.15) is 0 Å². The Balaban J connectivity index is 1.38. The number of hydrogen-bond donors (Lipinski definition) is 2. The molecule has 0 radical (unpaired) electrons. The highest BCUT2D eigenvalue weighted by Crippen LogP contribution is 2.26. The van der Waals surface area contributed by atoms with Gasteiger partial charge in [-0.3, -0.25) is 4.90 Å². The molecule has 0 atom stereocenters. The number of rotatable bonds is 6. The molecule has 1 aliphatic rings. The molecule has 1 aliphatic heterocycles. The van der Waals surface area contributed by atoms with Crippen molar-refractivity contribution in [2.24, 2.45) is 0 Å². The van der Waals surface area contributed by atoms with E-state index in [0.717, 1.165) is 79.6 Å². The Labute approximate surface area is 169 Å². The summed E-state index contributed by atoms with van der Waals surface area (Å²) in [5.74, 6) is 1.61. The number of H-pyrrole nitrogens is 1. The molecule has 0 saturated carbocycles. The molecule has 0 spiro atoms. The van der Waals surface area contributed by atoms with Crippen molar-refractivity contribution in [1.82, 2.24) is 19.9 Å². The number of morpholine rings is 1. The van der Waals surface area contributed by atoms with E-state index in [4.69, 9.17) is 14.7 Å². The van der Waals surface area contributed by atoms with Gasteiger partial charge in [0.1, 0.15) is 5.82 Å². The van der Waals surface area contributed by atoms with E-state index in [1.54, 1.807) is 0 Å². The molecule has 0 unspecified atom stereocenters. The fraction of sp³-hybridized carbons (Fsp3) is 0.304. The number of benzene rings is 2. The molecule has 0 bridgehead atoms. The van der Waals surface area contributed by atoms with Crippen molar-refractivity contribution in [2.45, 2.75) is 6.42 Å². The van der Waals surface area contributed by atoms with E-state index >= 15 is 0 Å². The van der Waals surface area contributed by atoms with Crippen LogP contribution in [0.25, 0.3) is 33.3 Å². The van der Waals surface area contributed by atoms with E-state index in [0.29, 0.717) is 0 Å². The first-order valence-electron chi connectivity index (χ1n) is 10.3. The Kier molecular flexibility index (Phi) is 5.11. The highest BCUT2D eigenvalue weighted by molar-refractivity contribution is 5.91. The summed E-state index contributed by atoms with van der Waals surface area (Å²) < 4.78 is 5.42. The zero-order valence-electron chi connectivity index (χ0n) is 16.4. The van der Waals surface area contributed by atoms with E-state index in [1.807, 2.05) is 30.3 Å². The quantitative estimate of drug-likeness (QED) is 0.491. The molecule has 148 valence electrons. The Bertz CT molecular complexity index is 1080. The van der Waals surface area contributed by atoms with E-state index < -0.39 is 0 Å². The largest absolute Gasteiger partial charge is 0.379 e. The van der Waals surface area contributed by atoms with Gasteiger partial charge in [0.2, 0.25) is 0 Å². The van der Waals surface area contributed by atoms with Crippen molar-refractivity contribution >= 4 is 27.6 Å². The summed E-state index contributed by atoms with van der Waals surface area (Å²) in [6.45, 7) is 5.70. The minimum Gasteiger partial charge on any atom is -0.379 e. The Morgan fingerprint density at radius 1 is 1.00 bits per heavy atom. The lowest BCUT2D eigenvalue weighted by molar-refractivity contribution is 0.0378. The molecule has 0 aliphatic carbocycles. The molecule has 2 aromatic heterocycles. The molecule has 6 heteroatoms. The predicted molar refractivity (Wildman–Crippen MR) is 117 cm³/mol. The third-order valence-electron chi connectivity index (χ3n) is 5.42. The number of nitrogens with one attached hydrogen (secondary N) is 2. The van der Waals surface area contributed by atoms with Gasteiger partial charge in [-0.15, -0.1) is 0 Å². The van der Waals surface area contributed by atoms with Gasteiger partial charge in [0, 0.05) is 35.9 Å². The molecule has 2 aromatic carbocycles. The summed E-state index contributed by atoms with van der Waals surface area (Å²) >= 11 is 0. The lowest BCUT2D eigenvalue weighted by Gasteiger charge is -2.26. The molecule has 0 amide bonds. The smallest absolute Gasteiger partial charge is 0.178 e. The number of aromatic amines is 1. The van der Waals surface area contributed by atoms with Crippen LogP contribution in [0, 0.1) is 0 Å². The zero-order chi connectivity index (χ0) is 19.5. The summed E-state index contributed by atoms with van der Waals surface area (Å²) in [6, 6.07) is 18.5. The molecule has 29 heavy (non-hydrogen) atoms. The van der Waals surface area contributed by atoms with Gasteiger partial charge in [-0.1, -0.05) is 30.3 Å². The summed E-state index contributed by atoms with van der Waals surface area (Å²) in [5.41, 5.74) is 2.99. The first-order chi connectivity index (χ1) is 14.4. The fourth-order valence-electron chi connectivity index (χ4n) is 3.86. The van der Waals surface area contributed by atoms with Crippen LogP contribution in [-0.4, -0.2) is 59.2 Å². The standard InChI is InChI=1S/C23H25N5O/c1-3-8-19-17(6-1)16-21(25-19)23-26-20-9-4-2-7-18(20)22(27-23)24-10-5-11-28-12-14-29-15-13-28/h1-4,6-9,16,25H,5,10-15H2,(H,24,26,27). The number of anilines is 1. The Morgan fingerprint density at radius 2 is 1.83 bits per heavy atom. The average Bonchev–Trinajstić information content (AvgIpc) is 3.21. The number of ether oxygens (including phenoxy) is 1. The second-order valence-electron chi connectivity index (χ2n) is 7.42. The predicted octanol–water partition coefficient (Wildman–Crippen LogP) is 3.91. The van der Waals surface area contributed by atoms with Crippen LogP contribution in [-0.2, 0) is 4.74 Å². The summed E-state index contributed by atoms with van der Waals surface area (Å²) in [7, 11) is 0. The van der Waals surface area contributed by atoms with Crippen molar-refractivity contribution in [1.29, 1.82) is 0 Å². The van der Waals surface area contributed by atoms with Crippen LogP contribution in [0.4, 0.5) is 5.82 Å². The second kappa shape index (κ2) is 8.19. The fourth-order valence-corrected chi connectivity index (χ4v) is 3.86. The van der Waals surface area contributed by atoms with Gasteiger partial charge in [0.25, 0.3) is 0 Å². The summed E-state index contributed by atoms with van der Waals surface area (Å²) in [4.78, 5) is 15.6. The van der Waals surface area contributed by atoms with Gasteiger partial charge >= 0.3 is 0 Å². The van der Waals surface area contributed by atoms with Crippen LogP contribution in [0.3, 0.4) is 0 Å². The van der Waals surface area contributed by atoms with Crippen LogP contribution < -0.4 is 5.32 Å². The number of para-hydroxylation sites is 2. The van der Waals surface area contributed by atoms with Gasteiger partial charge in [0.05, 0.1) is 24.4 Å². The topological polar surface area (TPSA) is 66.1 Å². The SMILES string of the molecule is c1ccc2[nH]c(-c3nc(NCCCN4CCOCC4)c4ccccc4n3)cc2c1. The monoisotopic (exact) mass is 387 g/mol. The van der Waals surface area contributed by atoms with E-state index in [2.05, 4.69) is 39.5 Å². The summed E-state index contributed by atoms with van der Waals surface area (Å²) in [6.07, 6.45) is 1.07. The molecule has 3 heterocycles. The highest BCUT2D eigenvalue weighted by atomic mass is 16.5. The Morgan fingerprint density at radius 3 is 2.72 bits per heavy atom. The van der Waals surface area contributed by atoms with Gasteiger partial charge in [-0.05, 0) is 37.2 Å². The van der Waals surface area contributed by atoms with Crippen molar-refractivity contribution in [2.75, 3.05) is 44.7 Å². The maximum absolute atomic E-state index is 5.42. The first-order valence-corrected chi connectivity index (χ1v) is 10.3. The molecular formula is C23H25N5O. The van der Waals surface area contributed by atoms with Crippen molar-refractivity contribution in [3.8, 4) is 11.5 Å². The van der Waals surface area contributed by atoms with E-state index in [1.165, 1.54) is 5.39 Å². The summed E-state index contributed by atoms with van der Waals surface area (Å²) in [5, 5.41) is 5.77. The van der Waals surface area contributed by atoms with Crippen LogP contribution in [0.2, 0.25) is 0 Å². The third kappa shape index (κ3) is 3.95. The molecule has 1 fully saturated rings. The van der Waals surface area contributed by atoms with Crippen molar-refractivity contribution in [3.63, 3.8) is 0 Å². The van der Waals surface area contributed by atoms with Gasteiger partial charge in [-0.25, -0.2) is 9.97 Å². The molecule has 6 nitrogen and oxygen atoms in total. The van der Waals surface area contributed by atoms with Crippen LogP contribution >= 0.6 is 0 Å². The van der Waals surface area contributed by atoms with Gasteiger partial charge < -0.3 is 15.0 Å². The number of hydrogen-bond acceptors (Lipinski definition) is 5. The maximum Gasteiger partial charge on any atom is 0.178 e. The van der Waals surface area contributed by atoms with E-state index in [9.17, 15) is 0 Å². The maximum atomic E-state index is 5.42. The van der Waals surface area contributed by atoms with Crippen LogP contribution in [0.5, 0.6) is 0 Å². The molecule has 1 saturated heterocycles. The molecule has 2 N–H and O–H groups in total. The molecular weight excluding hydrogens is 362 g/mol. The highest BCUT2D eigenvalue weighted by Gasteiger charge is 2.12.